The lowest BCUT2D eigenvalue weighted by molar-refractivity contribution is -0.0498. The third kappa shape index (κ3) is 6.48. The molecule has 1 aromatic rings. The summed E-state index contributed by atoms with van der Waals surface area (Å²) in [5.41, 5.74) is 0.474. The second-order valence-electron chi connectivity index (χ2n) is 8.12. The fraction of sp³-hybridized carbons (Fsp3) is 0.682. The molecule has 1 aliphatic heterocycles. The highest BCUT2D eigenvalue weighted by Gasteiger charge is 2.28. The number of nitrogens with zero attached hydrogens (tertiary/aromatic N) is 2. The van der Waals surface area contributed by atoms with Gasteiger partial charge in [0.25, 0.3) is 5.91 Å². The number of carbonyl (C=O) groups is 1. The number of ether oxygens (including phenoxy) is 4. The van der Waals surface area contributed by atoms with Crippen LogP contribution in [0, 0.1) is 5.92 Å². The zero-order valence-corrected chi connectivity index (χ0v) is 19.0. The van der Waals surface area contributed by atoms with Crippen molar-refractivity contribution < 1.29 is 28.8 Å². The summed E-state index contributed by atoms with van der Waals surface area (Å²) in [5.74, 6) is 1.53. The lowest BCUT2D eigenvalue weighted by Gasteiger charge is -2.36. The van der Waals surface area contributed by atoms with Gasteiger partial charge in [-0.2, -0.15) is 0 Å². The van der Waals surface area contributed by atoms with Gasteiger partial charge in [-0.1, -0.05) is 13.8 Å². The van der Waals surface area contributed by atoms with E-state index < -0.39 is 6.10 Å². The smallest absolute Gasteiger partial charge is 0.254 e. The van der Waals surface area contributed by atoms with Crippen molar-refractivity contribution in [2.75, 3.05) is 60.7 Å². The molecule has 2 rings (SSSR count). The van der Waals surface area contributed by atoms with Gasteiger partial charge in [-0.3, -0.25) is 9.69 Å². The first-order chi connectivity index (χ1) is 14.3. The number of carbonyl (C=O) groups excluding carboxylic acids is 1. The zero-order chi connectivity index (χ0) is 22.3. The number of benzene rings is 1. The highest BCUT2D eigenvalue weighted by Crippen LogP contribution is 2.38. The van der Waals surface area contributed by atoms with Crippen LogP contribution in [0.1, 0.15) is 31.1 Å². The normalized spacial score (nSPS) is 18.2. The predicted octanol–water partition coefficient (Wildman–Crippen LogP) is 1.89. The van der Waals surface area contributed by atoms with E-state index in [0.717, 1.165) is 6.54 Å². The van der Waals surface area contributed by atoms with Crippen molar-refractivity contribution in [2.45, 2.75) is 33.0 Å². The lowest BCUT2D eigenvalue weighted by Crippen LogP contribution is -2.50. The van der Waals surface area contributed by atoms with Crippen LogP contribution in [0.2, 0.25) is 0 Å². The lowest BCUT2D eigenvalue weighted by atomic mass is 10.1. The number of β-amino-alcohol motifs (C(OH)–C–C–N with tert-alkyl or cyclic N) is 1. The molecule has 0 aliphatic carbocycles. The molecule has 1 N–H and O–H groups in total. The Morgan fingerprint density at radius 2 is 1.83 bits per heavy atom. The second-order valence-corrected chi connectivity index (χ2v) is 8.12. The van der Waals surface area contributed by atoms with Gasteiger partial charge in [0.05, 0.1) is 40.1 Å². The molecule has 0 aromatic heterocycles. The third-order valence-corrected chi connectivity index (χ3v) is 4.95. The number of hydrogen-bond acceptors (Lipinski definition) is 7. The third-order valence-electron chi connectivity index (χ3n) is 4.95. The van der Waals surface area contributed by atoms with Crippen molar-refractivity contribution >= 4 is 5.91 Å². The van der Waals surface area contributed by atoms with Crippen molar-refractivity contribution in [2.24, 2.45) is 5.92 Å². The van der Waals surface area contributed by atoms with E-state index >= 15 is 0 Å². The molecule has 0 spiro atoms. The zero-order valence-electron chi connectivity index (χ0n) is 19.0. The largest absolute Gasteiger partial charge is 0.493 e. The fourth-order valence-corrected chi connectivity index (χ4v) is 3.74. The summed E-state index contributed by atoms with van der Waals surface area (Å²) in [7, 11) is 4.60. The maximum absolute atomic E-state index is 13.4. The summed E-state index contributed by atoms with van der Waals surface area (Å²) in [6.45, 7) is 9.68. The SMILES string of the molecule is COc1cc(C(=O)N(CC(C)C)C[C@H]2CN(C[C@@H](C)O)CCO2)cc(OC)c1OC. The first kappa shape index (κ1) is 24.2. The van der Waals surface area contributed by atoms with Gasteiger partial charge in [0.2, 0.25) is 5.75 Å². The van der Waals surface area contributed by atoms with Crippen molar-refractivity contribution in [3.8, 4) is 17.2 Å². The molecule has 0 unspecified atom stereocenters. The summed E-state index contributed by atoms with van der Waals surface area (Å²) < 4.78 is 22.1. The molecule has 1 heterocycles. The van der Waals surface area contributed by atoms with Crippen molar-refractivity contribution in [3.63, 3.8) is 0 Å². The number of hydrogen-bond donors (Lipinski definition) is 1. The average molecular weight is 425 g/mol. The molecule has 30 heavy (non-hydrogen) atoms. The van der Waals surface area contributed by atoms with Crippen LogP contribution in [-0.4, -0.2) is 93.7 Å². The maximum Gasteiger partial charge on any atom is 0.254 e. The van der Waals surface area contributed by atoms with Gasteiger partial charge in [-0.05, 0) is 25.0 Å². The molecule has 0 radical (unpaired) electrons. The van der Waals surface area contributed by atoms with Crippen LogP contribution in [0.5, 0.6) is 17.2 Å². The van der Waals surface area contributed by atoms with E-state index in [1.165, 1.54) is 21.3 Å². The molecule has 1 saturated heterocycles. The Kier molecular flexibility index (Phi) is 9.20. The van der Waals surface area contributed by atoms with E-state index in [4.69, 9.17) is 18.9 Å². The molecule has 1 aliphatic rings. The van der Waals surface area contributed by atoms with Gasteiger partial charge in [-0.25, -0.2) is 0 Å². The number of aliphatic hydroxyl groups excluding tert-OH is 1. The van der Waals surface area contributed by atoms with Gasteiger partial charge in [0.1, 0.15) is 0 Å². The molecule has 0 bridgehead atoms. The molecule has 0 saturated carbocycles. The minimum atomic E-state index is -0.392. The van der Waals surface area contributed by atoms with Crippen molar-refractivity contribution in [3.05, 3.63) is 17.7 Å². The standard InChI is InChI=1S/C22H36N2O6/c1-15(2)11-24(14-18-13-23(7-8-30-18)12-16(3)25)22(26)17-9-19(27-4)21(29-6)20(10-17)28-5/h9-10,15-16,18,25H,7-8,11-14H2,1-6H3/t16-,18-/m1/s1. The van der Waals surface area contributed by atoms with E-state index in [1.54, 1.807) is 19.1 Å². The Hall–Kier alpha value is -2.03. The van der Waals surface area contributed by atoms with Crippen LogP contribution >= 0.6 is 0 Å². The number of aliphatic hydroxyl groups is 1. The molecule has 170 valence electrons. The first-order valence-electron chi connectivity index (χ1n) is 10.4. The van der Waals surface area contributed by atoms with Crippen LogP contribution < -0.4 is 14.2 Å². The maximum atomic E-state index is 13.4. The molecule has 8 nitrogen and oxygen atoms in total. The Bertz CT molecular complexity index is 669. The Labute approximate surface area is 179 Å². The fourth-order valence-electron chi connectivity index (χ4n) is 3.74. The van der Waals surface area contributed by atoms with Crippen molar-refractivity contribution in [1.29, 1.82) is 0 Å². The van der Waals surface area contributed by atoms with E-state index in [9.17, 15) is 9.90 Å². The molecule has 2 atom stereocenters. The summed E-state index contributed by atoms with van der Waals surface area (Å²) in [6, 6.07) is 3.36. The summed E-state index contributed by atoms with van der Waals surface area (Å²) in [4.78, 5) is 17.4. The van der Waals surface area contributed by atoms with Gasteiger partial charge in [0.15, 0.2) is 11.5 Å². The monoisotopic (exact) mass is 424 g/mol. The first-order valence-corrected chi connectivity index (χ1v) is 10.4. The van der Waals surface area contributed by atoms with E-state index in [1.807, 2.05) is 4.90 Å². The molecule has 1 amide bonds. The van der Waals surface area contributed by atoms with E-state index in [2.05, 4.69) is 18.7 Å². The van der Waals surface area contributed by atoms with Crippen LogP contribution in [-0.2, 0) is 4.74 Å². The average Bonchev–Trinajstić information content (AvgIpc) is 2.71. The van der Waals surface area contributed by atoms with Crippen LogP contribution in [0.25, 0.3) is 0 Å². The number of amides is 1. The molecule has 1 fully saturated rings. The minimum Gasteiger partial charge on any atom is -0.493 e. The van der Waals surface area contributed by atoms with Gasteiger partial charge >= 0.3 is 0 Å². The van der Waals surface area contributed by atoms with Crippen LogP contribution in [0.4, 0.5) is 0 Å². The summed E-state index contributed by atoms with van der Waals surface area (Å²) in [6.07, 6.45) is -0.501. The number of rotatable bonds is 10. The Balaban J connectivity index is 2.23. The highest BCUT2D eigenvalue weighted by molar-refractivity contribution is 5.95. The summed E-state index contributed by atoms with van der Waals surface area (Å²) in [5, 5.41) is 9.69. The van der Waals surface area contributed by atoms with Gasteiger partial charge < -0.3 is 29.0 Å². The molecule has 1 aromatic carbocycles. The van der Waals surface area contributed by atoms with Crippen LogP contribution in [0.15, 0.2) is 12.1 Å². The quantitative estimate of drug-likeness (QED) is 0.614. The summed E-state index contributed by atoms with van der Waals surface area (Å²) >= 11 is 0. The van der Waals surface area contributed by atoms with Crippen molar-refractivity contribution in [1.82, 2.24) is 9.80 Å². The van der Waals surface area contributed by atoms with Crippen LogP contribution in [0.3, 0.4) is 0 Å². The van der Waals surface area contributed by atoms with Gasteiger partial charge in [0, 0.05) is 38.3 Å². The van der Waals surface area contributed by atoms with Gasteiger partial charge in [-0.15, -0.1) is 0 Å². The highest BCUT2D eigenvalue weighted by atomic mass is 16.5. The minimum absolute atomic E-state index is 0.109. The second kappa shape index (κ2) is 11.4. The Morgan fingerprint density at radius 1 is 1.20 bits per heavy atom. The predicted molar refractivity (Wildman–Crippen MR) is 115 cm³/mol. The number of morpholine rings is 1. The van der Waals surface area contributed by atoms with E-state index in [0.29, 0.717) is 61.5 Å². The number of methoxy groups -OCH3 is 3. The Morgan fingerprint density at radius 3 is 2.33 bits per heavy atom. The molecular formula is C22H36N2O6. The topological polar surface area (TPSA) is 80.7 Å². The molecule has 8 heteroatoms. The van der Waals surface area contributed by atoms with E-state index in [-0.39, 0.29) is 12.0 Å². The molecular weight excluding hydrogens is 388 g/mol.